The van der Waals surface area contributed by atoms with Crippen molar-refractivity contribution in [3.05, 3.63) is 89.7 Å². The first-order valence-electron chi connectivity index (χ1n) is 9.99. The molecule has 0 heterocycles. The van der Waals surface area contributed by atoms with Gasteiger partial charge >= 0.3 is 0 Å². The molecule has 3 aromatic carbocycles. The summed E-state index contributed by atoms with van der Waals surface area (Å²) in [6, 6.07) is 18.1. The maximum Gasteiger partial charge on any atom is 0.264 e. The number of carbonyl (C=O) groups is 1. The zero-order chi connectivity index (χ0) is 23.3. The summed E-state index contributed by atoms with van der Waals surface area (Å²) in [5.74, 6) is -0.401. The molecule has 32 heavy (non-hydrogen) atoms. The lowest BCUT2D eigenvalue weighted by molar-refractivity contribution is -0.120. The van der Waals surface area contributed by atoms with Crippen LogP contribution in [0, 0.1) is 12.7 Å². The number of sulfonamides is 1. The van der Waals surface area contributed by atoms with Crippen LogP contribution in [0.5, 0.6) is 5.75 Å². The largest absolute Gasteiger partial charge is 0.496 e. The molecule has 0 aliphatic rings. The van der Waals surface area contributed by atoms with E-state index < -0.39 is 34.3 Å². The number of hydrogen-bond acceptors (Lipinski definition) is 4. The summed E-state index contributed by atoms with van der Waals surface area (Å²) in [5.41, 5.74) is 1.85. The molecule has 1 amide bonds. The summed E-state index contributed by atoms with van der Waals surface area (Å²) in [7, 11) is -2.53. The fourth-order valence-electron chi connectivity index (χ4n) is 3.28. The monoisotopic (exact) mass is 456 g/mol. The van der Waals surface area contributed by atoms with Gasteiger partial charge in [0.05, 0.1) is 23.7 Å². The van der Waals surface area contributed by atoms with Gasteiger partial charge in [0.2, 0.25) is 5.91 Å². The highest BCUT2D eigenvalue weighted by Gasteiger charge is 2.28. The molecule has 1 N–H and O–H groups in total. The van der Waals surface area contributed by atoms with Gasteiger partial charge in [-0.2, -0.15) is 0 Å². The Morgan fingerprint density at radius 2 is 1.66 bits per heavy atom. The van der Waals surface area contributed by atoms with Gasteiger partial charge in [-0.15, -0.1) is 0 Å². The molecule has 0 radical (unpaired) electrons. The molecule has 0 saturated carbocycles. The molecule has 0 bridgehead atoms. The second-order valence-electron chi connectivity index (χ2n) is 7.33. The van der Waals surface area contributed by atoms with E-state index in [1.54, 1.807) is 25.1 Å². The van der Waals surface area contributed by atoms with Crippen molar-refractivity contribution in [2.75, 3.05) is 18.0 Å². The van der Waals surface area contributed by atoms with E-state index >= 15 is 0 Å². The predicted octanol–water partition coefficient (Wildman–Crippen LogP) is 4.22. The van der Waals surface area contributed by atoms with Crippen molar-refractivity contribution in [1.82, 2.24) is 5.32 Å². The molecule has 6 nitrogen and oxygen atoms in total. The van der Waals surface area contributed by atoms with Crippen LogP contribution in [0.2, 0.25) is 0 Å². The highest BCUT2D eigenvalue weighted by molar-refractivity contribution is 7.92. The highest BCUT2D eigenvalue weighted by Crippen LogP contribution is 2.26. The summed E-state index contributed by atoms with van der Waals surface area (Å²) >= 11 is 0. The van der Waals surface area contributed by atoms with Crippen LogP contribution >= 0.6 is 0 Å². The van der Waals surface area contributed by atoms with E-state index in [2.05, 4.69) is 5.32 Å². The first-order chi connectivity index (χ1) is 15.2. The average Bonchev–Trinajstić information content (AvgIpc) is 2.78. The van der Waals surface area contributed by atoms with Crippen molar-refractivity contribution in [3.8, 4) is 5.75 Å². The summed E-state index contributed by atoms with van der Waals surface area (Å²) in [6.45, 7) is 3.16. The SMILES string of the molecule is COc1ccccc1C(C)NC(=O)CN(c1ccc(F)cc1)S(=O)(=O)c1ccc(C)cc1. The summed E-state index contributed by atoms with van der Waals surface area (Å²) in [4.78, 5) is 12.9. The fraction of sp³-hybridized carbons (Fsp3) is 0.208. The van der Waals surface area contributed by atoms with Crippen LogP contribution < -0.4 is 14.4 Å². The molecule has 3 aromatic rings. The molecule has 1 unspecified atom stereocenters. The lowest BCUT2D eigenvalue weighted by atomic mass is 10.1. The Labute approximate surface area is 187 Å². The molecule has 168 valence electrons. The standard InChI is InChI=1S/C24H25FN2O4S/c1-17-8-14-21(15-9-17)32(29,30)27(20-12-10-19(25)11-13-20)16-24(28)26-18(2)22-6-4-5-7-23(22)31-3/h4-15,18H,16H2,1-3H3,(H,26,28). The number of para-hydroxylation sites is 1. The number of hydrogen-bond donors (Lipinski definition) is 1. The molecule has 0 spiro atoms. The Bertz CT molecular complexity index is 1180. The van der Waals surface area contributed by atoms with Gasteiger partial charge in [0, 0.05) is 5.56 Å². The van der Waals surface area contributed by atoms with Crippen LogP contribution in [-0.4, -0.2) is 28.0 Å². The van der Waals surface area contributed by atoms with Gasteiger partial charge in [-0.05, 0) is 56.3 Å². The summed E-state index contributed by atoms with van der Waals surface area (Å²) in [5, 5.41) is 2.82. The Morgan fingerprint density at radius 1 is 1.03 bits per heavy atom. The maximum atomic E-state index is 13.4. The van der Waals surface area contributed by atoms with Gasteiger partial charge < -0.3 is 10.1 Å². The lowest BCUT2D eigenvalue weighted by Gasteiger charge is -2.25. The van der Waals surface area contributed by atoms with Crippen LogP contribution in [0.25, 0.3) is 0 Å². The number of rotatable bonds is 8. The third-order valence-electron chi connectivity index (χ3n) is 4.99. The Hall–Kier alpha value is -3.39. The van der Waals surface area contributed by atoms with E-state index in [1.807, 2.05) is 25.1 Å². The van der Waals surface area contributed by atoms with Crippen molar-refractivity contribution in [3.63, 3.8) is 0 Å². The van der Waals surface area contributed by atoms with Crippen LogP contribution in [0.1, 0.15) is 24.1 Å². The van der Waals surface area contributed by atoms with E-state index in [4.69, 9.17) is 4.74 Å². The second-order valence-corrected chi connectivity index (χ2v) is 9.19. The zero-order valence-corrected chi connectivity index (χ0v) is 18.9. The normalized spacial score (nSPS) is 12.1. The molecule has 0 fully saturated rings. The summed E-state index contributed by atoms with van der Waals surface area (Å²) < 4.78 is 46.5. The first-order valence-corrected chi connectivity index (χ1v) is 11.4. The third kappa shape index (κ3) is 5.26. The molecular formula is C24H25FN2O4S. The number of amides is 1. The molecule has 0 saturated heterocycles. The number of ether oxygens (including phenoxy) is 1. The molecule has 0 aromatic heterocycles. The molecule has 8 heteroatoms. The van der Waals surface area contributed by atoms with E-state index in [-0.39, 0.29) is 10.6 Å². The number of nitrogens with one attached hydrogen (secondary N) is 1. The number of anilines is 1. The Balaban J connectivity index is 1.89. The second kappa shape index (κ2) is 9.82. The number of aryl methyl sites for hydroxylation is 1. The van der Waals surface area contributed by atoms with Gasteiger partial charge in [-0.3, -0.25) is 9.10 Å². The summed E-state index contributed by atoms with van der Waals surface area (Å²) in [6.07, 6.45) is 0. The quantitative estimate of drug-likeness (QED) is 0.551. The van der Waals surface area contributed by atoms with Crippen molar-refractivity contribution in [1.29, 1.82) is 0 Å². The lowest BCUT2D eigenvalue weighted by Crippen LogP contribution is -2.41. The minimum Gasteiger partial charge on any atom is -0.496 e. The minimum absolute atomic E-state index is 0.0398. The van der Waals surface area contributed by atoms with E-state index in [9.17, 15) is 17.6 Å². The topological polar surface area (TPSA) is 75.7 Å². The Morgan fingerprint density at radius 3 is 2.28 bits per heavy atom. The van der Waals surface area contributed by atoms with Crippen LogP contribution in [0.3, 0.4) is 0 Å². The number of nitrogens with zero attached hydrogens (tertiary/aromatic N) is 1. The molecule has 1 atom stereocenters. The van der Waals surface area contributed by atoms with Crippen molar-refractivity contribution < 1.29 is 22.3 Å². The number of benzene rings is 3. The van der Waals surface area contributed by atoms with Crippen LogP contribution in [0.4, 0.5) is 10.1 Å². The molecule has 3 rings (SSSR count). The predicted molar refractivity (Wildman–Crippen MR) is 122 cm³/mol. The van der Waals surface area contributed by atoms with Crippen molar-refractivity contribution in [2.24, 2.45) is 0 Å². The molecular weight excluding hydrogens is 431 g/mol. The van der Waals surface area contributed by atoms with Gasteiger partial charge in [0.25, 0.3) is 10.0 Å². The van der Waals surface area contributed by atoms with E-state index in [0.29, 0.717) is 5.75 Å². The van der Waals surface area contributed by atoms with Crippen LogP contribution in [-0.2, 0) is 14.8 Å². The average molecular weight is 457 g/mol. The fourth-order valence-corrected chi connectivity index (χ4v) is 4.70. The van der Waals surface area contributed by atoms with Gasteiger partial charge in [-0.25, -0.2) is 12.8 Å². The smallest absolute Gasteiger partial charge is 0.264 e. The maximum absolute atomic E-state index is 13.4. The van der Waals surface area contributed by atoms with E-state index in [1.165, 1.54) is 31.4 Å². The van der Waals surface area contributed by atoms with Gasteiger partial charge in [0.15, 0.2) is 0 Å². The zero-order valence-electron chi connectivity index (χ0n) is 18.1. The minimum atomic E-state index is -4.07. The number of carbonyl (C=O) groups excluding carboxylic acids is 1. The first kappa shape index (κ1) is 23.3. The number of halogens is 1. The number of methoxy groups -OCH3 is 1. The Kier molecular flexibility index (Phi) is 7.15. The molecule has 0 aliphatic carbocycles. The van der Waals surface area contributed by atoms with Crippen molar-refractivity contribution >= 4 is 21.6 Å². The van der Waals surface area contributed by atoms with Crippen LogP contribution in [0.15, 0.2) is 77.7 Å². The highest BCUT2D eigenvalue weighted by atomic mass is 32.2. The molecule has 0 aliphatic heterocycles. The van der Waals surface area contributed by atoms with Crippen molar-refractivity contribution in [2.45, 2.75) is 24.8 Å². The van der Waals surface area contributed by atoms with Gasteiger partial charge in [-0.1, -0.05) is 35.9 Å². The van der Waals surface area contributed by atoms with Gasteiger partial charge in [0.1, 0.15) is 18.1 Å². The third-order valence-corrected chi connectivity index (χ3v) is 6.78. The van der Waals surface area contributed by atoms with E-state index in [0.717, 1.165) is 27.6 Å².